The van der Waals surface area contributed by atoms with Crippen molar-refractivity contribution in [3.8, 4) is 11.5 Å². The van der Waals surface area contributed by atoms with Crippen molar-refractivity contribution in [1.29, 1.82) is 0 Å². The molecule has 0 radical (unpaired) electrons. The number of carbonyl (C=O) groups excluding carboxylic acids is 1. The number of fused-ring (bicyclic) bond motifs is 1. The topological polar surface area (TPSA) is 59.9 Å². The number of rotatable bonds is 10. The molecule has 5 nitrogen and oxygen atoms in total. The first-order chi connectivity index (χ1) is 15.1. The molecular weight excluding hydrogens is 456 g/mol. The van der Waals surface area contributed by atoms with E-state index < -0.39 is 6.10 Å². The lowest BCUT2D eigenvalue weighted by molar-refractivity contribution is -0.128. The number of unbranched alkanes of at least 4 members (excludes halogenated alkanes) is 1. The van der Waals surface area contributed by atoms with E-state index in [1.165, 1.54) is 0 Å². The molecule has 1 atom stereocenters. The predicted molar refractivity (Wildman–Crippen MR) is 129 cm³/mol. The SMILES string of the molecule is CCCCOc1ccc(C=NNC(=O)[C@@H](CC)Oc2ccc3ccccc3c2Br)cc1. The van der Waals surface area contributed by atoms with E-state index >= 15 is 0 Å². The smallest absolute Gasteiger partial charge is 0.281 e. The number of nitrogens with zero attached hydrogens (tertiary/aromatic N) is 1. The van der Waals surface area contributed by atoms with Gasteiger partial charge in [0.2, 0.25) is 0 Å². The van der Waals surface area contributed by atoms with Gasteiger partial charge in [-0.1, -0.05) is 50.6 Å². The highest BCUT2D eigenvalue weighted by molar-refractivity contribution is 9.10. The molecule has 31 heavy (non-hydrogen) atoms. The predicted octanol–water partition coefficient (Wildman–Crippen LogP) is 6.09. The van der Waals surface area contributed by atoms with Gasteiger partial charge in [0.1, 0.15) is 11.5 Å². The van der Waals surface area contributed by atoms with E-state index in [0.717, 1.165) is 39.4 Å². The van der Waals surface area contributed by atoms with Crippen LogP contribution in [0, 0.1) is 0 Å². The Labute approximate surface area is 191 Å². The number of halogens is 1. The van der Waals surface area contributed by atoms with E-state index in [2.05, 4.69) is 33.4 Å². The van der Waals surface area contributed by atoms with E-state index in [1.54, 1.807) is 6.21 Å². The molecule has 0 saturated carbocycles. The summed E-state index contributed by atoms with van der Waals surface area (Å²) in [7, 11) is 0. The zero-order chi connectivity index (χ0) is 22.1. The van der Waals surface area contributed by atoms with Gasteiger partial charge in [-0.2, -0.15) is 5.10 Å². The highest BCUT2D eigenvalue weighted by Gasteiger charge is 2.19. The molecule has 0 heterocycles. The largest absolute Gasteiger partial charge is 0.494 e. The molecule has 162 valence electrons. The third kappa shape index (κ3) is 6.31. The monoisotopic (exact) mass is 482 g/mol. The summed E-state index contributed by atoms with van der Waals surface area (Å²) in [5.41, 5.74) is 3.44. The van der Waals surface area contributed by atoms with Crippen LogP contribution < -0.4 is 14.9 Å². The lowest BCUT2D eigenvalue weighted by Gasteiger charge is -2.17. The van der Waals surface area contributed by atoms with Gasteiger partial charge in [0.25, 0.3) is 5.91 Å². The number of hydrogen-bond acceptors (Lipinski definition) is 4. The number of nitrogens with one attached hydrogen (secondary N) is 1. The molecule has 3 aromatic rings. The lowest BCUT2D eigenvalue weighted by atomic mass is 10.1. The zero-order valence-electron chi connectivity index (χ0n) is 17.8. The van der Waals surface area contributed by atoms with Crippen molar-refractivity contribution in [1.82, 2.24) is 5.43 Å². The quantitative estimate of drug-likeness (QED) is 0.216. The molecule has 3 aromatic carbocycles. The molecule has 3 rings (SSSR count). The molecule has 0 spiro atoms. The van der Waals surface area contributed by atoms with E-state index in [1.807, 2.05) is 67.6 Å². The van der Waals surface area contributed by atoms with Crippen LogP contribution in [0.15, 0.2) is 70.2 Å². The summed E-state index contributed by atoms with van der Waals surface area (Å²) >= 11 is 3.60. The van der Waals surface area contributed by atoms with Gasteiger partial charge < -0.3 is 9.47 Å². The van der Waals surface area contributed by atoms with E-state index in [-0.39, 0.29) is 5.91 Å². The molecule has 6 heteroatoms. The number of benzene rings is 3. The number of ether oxygens (including phenoxy) is 2. The van der Waals surface area contributed by atoms with Crippen LogP contribution in [-0.2, 0) is 4.79 Å². The highest BCUT2D eigenvalue weighted by Crippen LogP contribution is 2.33. The normalized spacial score (nSPS) is 12.1. The molecule has 0 aliphatic heterocycles. The van der Waals surface area contributed by atoms with Gasteiger partial charge in [-0.05, 0) is 75.4 Å². The fraction of sp³-hybridized carbons (Fsp3) is 0.280. The van der Waals surface area contributed by atoms with Gasteiger partial charge in [-0.3, -0.25) is 4.79 Å². The van der Waals surface area contributed by atoms with E-state index in [0.29, 0.717) is 18.8 Å². The minimum Gasteiger partial charge on any atom is -0.494 e. The van der Waals surface area contributed by atoms with Crippen LogP contribution in [0.2, 0.25) is 0 Å². The van der Waals surface area contributed by atoms with Crippen LogP contribution in [0.4, 0.5) is 0 Å². The molecule has 0 fully saturated rings. The standard InChI is InChI=1S/C25H27BrN2O3/c1-3-5-16-30-20-13-10-18(11-14-20)17-27-28-25(29)22(4-2)31-23-15-12-19-8-6-7-9-21(19)24(23)26/h6-15,17,22H,3-5,16H2,1-2H3,(H,28,29)/t22-/m1/s1. The van der Waals surface area contributed by atoms with Crippen molar-refractivity contribution in [3.63, 3.8) is 0 Å². The minimum atomic E-state index is -0.649. The van der Waals surface area contributed by atoms with Gasteiger partial charge in [0.05, 0.1) is 17.3 Å². The second kappa shape index (κ2) is 11.5. The molecule has 1 amide bonds. The van der Waals surface area contributed by atoms with Crippen LogP contribution in [0.25, 0.3) is 10.8 Å². The summed E-state index contributed by atoms with van der Waals surface area (Å²) in [6.07, 6.45) is 3.61. The van der Waals surface area contributed by atoms with Gasteiger partial charge in [-0.15, -0.1) is 0 Å². The first kappa shape index (κ1) is 22.8. The molecule has 0 saturated heterocycles. The van der Waals surface area contributed by atoms with Crippen LogP contribution in [-0.4, -0.2) is 24.8 Å². The van der Waals surface area contributed by atoms with Gasteiger partial charge in [0.15, 0.2) is 6.10 Å². The summed E-state index contributed by atoms with van der Waals surface area (Å²) in [5.74, 6) is 1.16. The molecular formula is C25H27BrN2O3. The Morgan fingerprint density at radius 2 is 1.87 bits per heavy atom. The zero-order valence-corrected chi connectivity index (χ0v) is 19.4. The van der Waals surface area contributed by atoms with Crippen molar-refractivity contribution in [2.45, 2.75) is 39.2 Å². The summed E-state index contributed by atoms with van der Waals surface area (Å²) in [6.45, 7) is 4.75. The van der Waals surface area contributed by atoms with E-state index in [4.69, 9.17) is 9.47 Å². The molecule has 0 unspecified atom stereocenters. The van der Waals surface area contributed by atoms with Crippen molar-refractivity contribution in [2.75, 3.05) is 6.61 Å². The Morgan fingerprint density at radius 1 is 1.10 bits per heavy atom. The Balaban J connectivity index is 1.58. The molecule has 0 bridgehead atoms. The molecule has 0 aliphatic rings. The second-order valence-electron chi connectivity index (χ2n) is 7.12. The summed E-state index contributed by atoms with van der Waals surface area (Å²) in [4.78, 5) is 12.6. The third-order valence-corrected chi connectivity index (χ3v) is 5.61. The Hall–Kier alpha value is -2.86. The van der Waals surface area contributed by atoms with Crippen LogP contribution in [0.3, 0.4) is 0 Å². The summed E-state index contributed by atoms with van der Waals surface area (Å²) < 4.78 is 12.5. The Morgan fingerprint density at radius 3 is 2.61 bits per heavy atom. The number of amides is 1. The van der Waals surface area contributed by atoms with Crippen LogP contribution in [0.5, 0.6) is 11.5 Å². The summed E-state index contributed by atoms with van der Waals surface area (Å²) in [5, 5.41) is 6.21. The van der Waals surface area contributed by atoms with Crippen molar-refractivity contribution in [3.05, 3.63) is 70.7 Å². The molecule has 0 aliphatic carbocycles. The first-order valence-electron chi connectivity index (χ1n) is 10.5. The van der Waals surface area contributed by atoms with Crippen molar-refractivity contribution >= 4 is 38.8 Å². The molecule has 1 N–H and O–H groups in total. The fourth-order valence-corrected chi connectivity index (χ4v) is 3.59. The fourth-order valence-electron chi connectivity index (χ4n) is 3.01. The maximum atomic E-state index is 12.6. The lowest BCUT2D eigenvalue weighted by Crippen LogP contribution is -2.35. The van der Waals surface area contributed by atoms with Crippen LogP contribution >= 0.6 is 15.9 Å². The van der Waals surface area contributed by atoms with Gasteiger partial charge in [-0.25, -0.2) is 5.43 Å². The first-order valence-corrected chi connectivity index (χ1v) is 11.3. The average Bonchev–Trinajstić information content (AvgIpc) is 2.80. The van der Waals surface area contributed by atoms with Gasteiger partial charge in [0, 0.05) is 0 Å². The minimum absolute atomic E-state index is 0.293. The Bertz CT molecular complexity index is 1030. The highest BCUT2D eigenvalue weighted by atomic mass is 79.9. The van der Waals surface area contributed by atoms with Gasteiger partial charge >= 0.3 is 0 Å². The third-order valence-electron chi connectivity index (χ3n) is 4.80. The maximum absolute atomic E-state index is 12.6. The maximum Gasteiger partial charge on any atom is 0.281 e. The summed E-state index contributed by atoms with van der Waals surface area (Å²) in [6, 6.07) is 19.5. The number of hydrazone groups is 1. The average molecular weight is 483 g/mol. The molecule has 0 aromatic heterocycles. The van der Waals surface area contributed by atoms with Crippen molar-refractivity contribution in [2.24, 2.45) is 5.10 Å². The second-order valence-corrected chi connectivity index (χ2v) is 7.91. The van der Waals surface area contributed by atoms with Crippen molar-refractivity contribution < 1.29 is 14.3 Å². The number of hydrogen-bond donors (Lipinski definition) is 1. The van der Waals surface area contributed by atoms with E-state index in [9.17, 15) is 4.79 Å². The van der Waals surface area contributed by atoms with Crippen LogP contribution in [0.1, 0.15) is 38.7 Å². The number of carbonyl (C=O) groups is 1. The Kier molecular flexibility index (Phi) is 8.47.